The molecule has 4 nitrogen and oxygen atoms in total. The van der Waals surface area contributed by atoms with Gasteiger partial charge in [-0.2, -0.15) is 4.72 Å². The second-order valence-electron chi connectivity index (χ2n) is 10.3. The summed E-state index contributed by atoms with van der Waals surface area (Å²) in [6.45, 7) is 10.3. The Morgan fingerprint density at radius 2 is 1.25 bits per heavy atom. The topological polar surface area (TPSA) is 72.2 Å². The predicted octanol–water partition coefficient (Wildman–Crippen LogP) is 7.63. The summed E-state index contributed by atoms with van der Waals surface area (Å²) >= 11 is 6.77. The number of hydrogen-bond acceptors (Lipinski definition) is 3. The van der Waals surface area contributed by atoms with Crippen LogP contribution >= 0.6 is 11.6 Å². The smallest absolute Gasteiger partial charge is 0.217 e. The van der Waals surface area contributed by atoms with Gasteiger partial charge >= 0.3 is 0 Å². The van der Waals surface area contributed by atoms with E-state index in [0.717, 1.165) is 22.3 Å². The van der Waals surface area contributed by atoms with E-state index in [1.165, 1.54) is 11.1 Å². The molecule has 0 aromatic heterocycles. The number of nitrogens with one attached hydrogen (secondary N) is 1. The van der Waals surface area contributed by atoms with Gasteiger partial charge in [0, 0.05) is 19.5 Å². The molecule has 0 unspecified atom stereocenters. The van der Waals surface area contributed by atoms with E-state index in [0.29, 0.717) is 11.5 Å². The maximum Gasteiger partial charge on any atom is 0.217 e. The first-order valence-corrected chi connectivity index (χ1v) is 15.2. The molecule has 3 N–H and O–H groups in total. The van der Waals surface area contributed by atoms with Gasteiger partial charge < -0.3 is 5.73 Å². The van der Waals surface area contributed by atoms with Crippen molar-refractivity contribution < 1.29 is 27.9 Å². The van der Waals surface area contributed by atoms with Crippen LogP contribution in [0.3, 0.4) is 0 Å². The summed E-state index contributed by atoms with van der Waals surface area (Å²) < 4.78 is 29.1. The molecule has 0 fully saturated rings. The number of hydrogen-bond donors (Lipinski definition) is 2. The molecule has 214 valence electrons. The maximum atomic E-state index is 13.2. The van der Waals surface area contributed by atoms with Gasteiger partial charge in [0.2, 0.25) is 10.0 Å². The molecule has 40 heavy (non-hydrogen) atoms. The molecule has 2 atom stereocenters. The Morgan fingerprint density at radius 3 is 1.75 bits per heavy atom. The van der Waals surface area contributed by atoms with Crippen LogP contribution in [0.2, 0.25) is 0 Å². The molecule has 0 bridgehead atoms. The van der Waals surface area contributed by atoms with Crippen LogP contribution < -0.4 is 10.5 Å². The third-order valence-corrected chi connectivity index (χ3v) is 8.70. The zero-order valence-electron chi connectivity index (χ0n) is 23.7. The molecule has 0 heterocycles. The van der Waals surface area contributed by atoms with Crippen LogP contribution in [0, 0.1) is 20.8 Å². The molecular weight excluding hydrogens is 625 g/mol. The summed E-state index contributed by atoms with van der Waals surface area (Å²) in [5.74, 6) is 0.482. The molecule has 7 heteroatoms. The molecule has 0 saturated carbocycles. The largest absolute Gasteiger partial charge is 0.307 e. The van der Waals surface area contributed by atoms with Crippen molar-refractivity contribution >= 4 is 21.6 Å². The van der Waals surface area contributed by atoms with Gasteiger partial charge in [0.15, 0.2) is 0 Å². The molecule has 4 rings (SSSR count). The van der Waals surface area contributed by atoms with Crippen molar-refractivity contribution in [3.8, 4) is 0 Å². The van der Waals surface area contributed by atoms with Crippen LogP contribution in [-0.4, -0.2) is 8.42 Å². The van der Waals surface area contributed by atoms with E-state index < -0.39 is 21.1 Å². The Hall–Kier alpha value is -2.34. The Morgan fingerprint density at radius 1 is 0.750 bits per heavy atom. The number of alkyl halides is 1. The van der Waals surface area contributed by atoms with Gasteiger partial charge in [0.1, 0.15) is 5.66 Å². The SMILES string of the molecule is Cc1ccc(C(C)C)cc1.Cc1cccc(C)c1CS(=O)(=O)N[C@](N)(c1ccccc1)[C@H](Cl)c1ccccc1.[Ru]. The van der Waals surface area contributed by atoms with Gasteiger partial charge in [0.25, 0.3) is 0 Å². The van der Waals surface area contributed by atoms with Crippen LogP contribution in [0.5, 0.6) is 0 Å². The van der Waals surface area contributed by atoms with Crippen molar-refractivity contribution in [1.29, 1.82) is 0 Å². The first-order valence-electron chi connectivity index (χ1n) is 13.1. The molecule has 4 aromatic carbocycles. The number of nitrogens with two attached hydrogens (primary N) is 1. The maximum absolute atomic E-state index is 13.2. The minimum absolute atomic E-state index is 0. The molecule has 0 saturated heterocycles. The molecular formula is C33H39ClN2O2RuS. The molecule has 0 radical (unpaired) electrons. The first kappa shape index (κ1) is 33.9. The standard InChI is InChI=1S/C23H25ClN2O2S.C10H14.Ru/c1-17-10-9-11-18(2)21(17)16-29(27,28)26-23(25,20-14-7-4-8-15-20)22(24)19-12-5-3-6-13-19;1-8(2)10-6-4-9(3)5-7-10;/h3-15,22,26H,16,25H2,1-2H3;4-8H,1-3H3;/t22-,23-;;/m1../s1. The van der Waals surface area contributed by atoms with E-state index in [-0.39, 0.29) is 25.2 Å². The zero-order valence-corrected chi connectivity index (χ0v) is 27.0. The van der Waals surface area contributed by atoms with E-state index in [9.17, 15) is 8.42 Å². The quantitative estimate of drug-likeness (QED) is 0.116. The second-order valence-corrected chi connectivity index (χ2v) is 12.5. The summed E-state index contributed by atoms with van der Waals surface area (Å²) in [6.07, 6.45) is 0. The van der Waals surface area contributed by atoms with Crippen LogP contribution in [0.1, 0.15) is 64.1 Å². The van der Waals surface area contributed by atoms with E-state index in [2.05, 4.69) is 49.8 Å². The third kappa shape index (κ3) is 9.09. The van der Waals surface area contributed by atoms with Crippen LogP contribution in [-0.2, 0) is 40.9 Å². The Balaban J connectivity index is 0.000000431. The van der Waals surface area contributed by atoms with E-state index in [4.69, 9.17) is 17.3 Å². The summed E-state index contributed by atoms with van der Waals surface area (Å²) in [6, 6.07) is 32.7. The molecule has 0 spiro atoms. The van der Waals surface area contributed by atoms with Crippen molar-refractivity contribution in [1.82, 2.24) is 4.72 Å². The third-order valence-electron chi connectivity index (χ3n) is 6.79. The van der Waals surface area contributed by atoms with Crippen molar-refractivity contribution in [3.63, 3.8) is 0 Å². The predicted molar refractivity (Wildman–Crippen MR) is 164 cm³/mol. The zero-order chi connectivity index (χ0) is 28.6. The van der Waals surface area contributed by atoms with Gasteiger partial charge in [0.05, 0.1) is 11.1 Å². The van der Waals surface area contributed by atoms with Crippen molar-refractivity contribution in [2.75, 3.05) is 0 Å². The fourth-order valence-corrected chi connectivity index (χ4v) is 6.42. The monoisotopic (exact) mass is 664 g/mol. The summed E-state index contributed by atoms with van der Waals surface area (Å²) in [5.41, 5.74) is 11.9. The van der Waals surface area contributed by atoms with Crippen LogP contribution in [0.4, 0.5) is 0 Å². The summed E-state index contributed by atoms with van der Waals surface area (Å²) in [5, 5.41) is -0.807. The number of rotatable bonds is 8. The average molecular weight is 664 g/mol. The van der Waals surface area contributed by atoms with Crippen LogP contribution in [0.15, 0.2) is 103 Å². The van der Waals surface area contributed by atoms with E-state index in [1.807, 2.05) is 80.6 Å². The van der Waals surface area contributed by atoms with Crippen molar-refractivity contribution in [3.05, 3.63) is 142 Å². The van der Waals surface area contributed by atoms with Gasteiger partial charge in [-0.25, -0.2) is 8.42 Å². The number of sulfonamides is 1. The molecule has 0 aliphatic carbocycles. The summed E-state index contributed by atoms with van der Waals surface area (Å²) in [4.78, 5) is 0. The van der Waals surface area contributed by atoms with E-state index in [1.54, 1.807) is 12.1 Å². The van der Waals surface area contributed by atoms with E-state index >= 15 is 0 Å². The van der Waals surface area contributed by atoms with Gasteiger partial charge in [-0.15, -0.1) is 11.6 Å². The Labute approximate surface area is 258 Å². The van der Waals surface area contributed by atoms with Gasteiger partial charge in [-0.1, -0.05) is 123 Å². The number of aryl methyl sites for hydroxylation is 3. The Bertz CT molecular complexity index is 1430. The van der Waals surface area contributed by atoms with Crippen molar-refractivity contribution in [2.24, 2.45) is 5.73 Å². The minimum atomic E-state index is -3.80. The van der Waals surface area contributed by atoms with Gasteiger partial charge in [-0.05, 0) is 60.1 Å². The molecule has 0 aliphatic rings. The van der Waals surface area contributed by atoms with Gasteiger partial charge in [-0.3, -0.25) is 0 Å². The Kier molecular flexibility index (Phi) is 12.7. The van der Waals surface area contributed by atoms with Crippen molar-refractivity contribution in [2.45, 2.75) is 57.3 Å². The number of benzene rings is 4. The fraction of sp³-hybridized carbons (Fsp3) is 0.273. The normalized spacial score (nSPS) is 13.4. The minimum Gasteiger partial charge on any atom is -0.307 e. The number of halogens is 1. The molecule has 4 aromatic rings. The average Bonchev–Trinajstić information content (AvgIpc) is 2.92. The summed E-state index contributed by atoms with van der Waals surface area (Å²) in [7, 11) is -3.80. The molecule has 0 amide bonds. The fourth-order valence-electron chi connectivity index (χ4n) is 4.37. The first-order chi connectivity index (χ1) is 18.4. The van der Waals surface area contributed by atoms with Crippen LogP contribution in [0.25, 0.3) is 0 Å². The second kappa shape index (κ2) is 15.1. The molecule has 0 aliphatic heterocycles.